The molecule has 0 aliphatic carbocycles. The van der Waals surface area contributed by atoms with Crippen LogP contribution in [0.15, 0.2) is 42.5 Å². The summed E-state index contributed by atoms with van der Waals surface area (Å²) < 4.78 is 1.16. The molecule has 0 radical (unpaired) electrons. The summed E-state index contributed by atoms with van der Waals surface area (Å²) in [6, 6.07) is 13.6. The molecule has 2 saturated heterocycles. The molecule has 6 heteroatoms. The molecule has 3 aromatic rings. The molecule has 31 heavy (non-hydrogen) atoms. The highest BCUT2D eigenvalue weighted by atomic mass is 32.1. The van der Waals surface area contributed by atoms with Gasteiger partial charge in [-0.25, -0.2) is 9.88 Å². The fourth-order valence-corrected chi connectivity index (χ4v) is 6.12. The second kappa shape index (κ2) is 7.84. The van der Waals surface area contributed by atoms with Gasteiger partial charge in [-0.15, -0.1) is 11.3 Å². The number of likely N-dealkylation sites (tertiary alicyclic amines) is 1. The number of rotatable bonds is 3. The van der Waals surface area contributed by atoms with Gasteiger partial charge in [-0.05, 0) is 67.1 Å². The minimum atomic E-state index is -0.329. The molecular weight excluding hydrogens is 406 g/mol. The summed E-state index contributed by atoms with van der Waals surface area (Å²) in [7, 11) is 0. The molecule has 1 aromatic heterocycles. The first-order valence-electron chi connectivity index (χ1n) is 11.0. The van der Waals surface area contributed by atoms with Crippen molar-refractivity contribution in [2.75, 3.05) is 18.0 Å². The van der Waals surface area contributed by atoms with Crippen molar-refractivity contribution >= 4 is 39.1 Å². The van der Waals surface area contributed by atoms with Crippen LogP contribution in [0.2, 0.25) is 0 Å². The molecule has 0 N–H and O–H groups in total. The van der Waals surface area contributed by atoms with Gasteiger partial charge in [-0.2, -0.15) is 0 Å². The Morgan fingerprint density at radius 3 is 2.42 bits per heavy atom. The van der Waals surface area contributed by atoms with Gasteiger partial charge in [0.15, 0.2) is 0 Å². The lowest BCUT2D eigenvalue weighted by atomic mass is 9.90. The monoisotopic (exact) mass is 433 g/mol. The van der Waals surface area contributed by atoms with Crippen LogP contribution in [-0.2, 0) is 9.59 Å². The van der Waals surface area contributed by atoms with Crippen molar-refractivity contribution in [3.05, 3.63) is 48.0 Å². The number of benzene rings is 2. The molecule has 2 aliphatic heterocycles. The molecule has 5 nitrogen and oxygen atoms in total. The molecule has 160 valence electrons. The number of aromatic nitrogens is 1. The van der Waals surface area contributed by atoms with Crippen molar-refractivity contribution < 1.29 is 9.59 Å². The van der Waals surface area contributed by atoms with Crippen LogP contribution in [0.4, 0.5) is 5.69 Å². The SMILES string of the molecule is Cc1ccc2nc(-c3ccc(N4C(=O)C[C@@H](N5C[C@H](C)C[C@H](C)C5)C4=O)cc3)sc2c1. The van der Waals surface area contributed by atoms with Crippen molar-refractivity contribution in [3.63, 3.8) is 0 Å². The third kappa shape index (κ3) is 3.79. The standard InChI is InChI=1S/C25H27N3O2S/c1-15-4-9-20-22(11-15)31-24(26-20)18-5-7-19(8-6-18)28-23(29)12-21(25(28)30)27-13-16(2)10-17(3)14-27/h4-9,11,16-17,21H,10,12-14H2,1-3H3/t16-,17+,21-/m1/s1. The number of carbonyl (C=O) groups excluding carboxylic acids is 2. The quantitative estimate of drug-likeness (QED) is 0.553. The largest absolute Gasteiger partial charge is 0.291 e. The first-order valence-corrected chi connectivity index (χ1v) is 11.8. The van der Waals surface area contributed by atoms with Crippen molar-refractivity contribution in [3.8, 4) is 10.6 Å². The number of imide groups is 1. The van der Waals surface area contributed by atoms with Gasteiger partial charge in [0.25, 0.3) is 5.91 Å². The predicted octanol–water partition coefficient (Wildman–Crippen LogP) is 4.88. The Kier molecular flexibility index (Phi) is 5.15. The van der Waals surface area contributed by atoms with Gasteiger partial charge in [-0.3, -0.25) is 14.5 Å². The zero-order chi connectivity index (χ0) is 21.7. The minimum Gasteiger partial charge on any atom is -0.291 e. The van der Waals surface area contributed by atoms with E-state index in [9.17, 15) is 9.59 Å². The fourth-order valence-electron chi connectivity index (χ4n) is 5.05. The fraction of sp³-hybridized carbons (Fsp3) is 0.400. The lowest BCUT2D eigenvalue weighted by Crippen LogP contribution is -2.48. The molecule has 2 aromatic carbocycles. The molecule has 2 fully saturated rings. The highest BCUT2D eigenvalue weighted by Crippen LogP contribution is 2.34. The number of aryl methyl sites for hydroxylation is 1. The molecule has 0 spiro atoms. The molecular formula is C25H27N3O2S. The first kappa shape index (κ1) is 20.3. The lowest BCUT2D eigenvalue weighted by Gasteiger charge is -2.37. The third-order valence-electron chi connectivity index (χ3n) is 6.38. The van der Waals surface area contributed by atoms with Crippen molar-refractivity contribution in [2.24, 2.45) is 11.8 Å². The van der Waals surface area contributed by atoms with Gasteiger partial charge >= 0.3 is 0 Å². The van der Waals surface area contributed by atoms with E-state index in [2.05, 4.69) is 37.8 Å². The number of thiazole rings is 1. The number of hydrogen-bond donors (Lipinski definition) is 0. The molecule has 0 saturated carbocycles. The van der Waals surface area contributed by atoms with Crippen LogP contribution in [-0.4, -0.2) is 40.8 Å². The number of hydrogen-bond acceptors (Lipinski definition) is 5. The number of carbonyl (C=O) groups is 2. The van der Waals surface area contributed by atoms with Crippen LogP contribution in [0.3, 0.4) is 0 Å². The number of piperidine rings is 1. The highest BCUT2D eigenvalue weighted by molar-refractivity contribution is 7.21. The Hall–Kier alpha value is -2.57. The third-order valence-corrected chi connectivity index (χ3v) is 7.44. The predicted molar refractivity (Wildman–Crippen MR) is 125 cm³/mol. The Labute approximate surface area is 186 Å². The summed E-state index contributed by atoms with van der Waals surface area (Å²) in [6.45, 7) is 8.31. The van der Waals surface area contributed by atoms with E-state index in [1.165, 1.54) is 16.9 Å². The molecule has 2 aliphatic rings. The first-order chi connectivity index (χ1) is 14.9. The molecule has 2 amide bonds. The Morgan fingerprint density at radius 1 is 1.00 bits per heavy atom. The van der Waals surface area contributed by atoms with Gasteiger partial charge in [0.05, 0.1) is 28.4 Å². The Morgan fingerprint density at radius 2 is 1.71 bits per heavy atom. The second-order valence-corrected chi connectivity index (χ2v) is 10.3. The second-order valence-electron chi connectivity index (χ2n) is 9.22. The summed E-state index contributed by atoms with van der Waals surface area (Å²) in [4.78, 5) is 34.3. The van der Waals surface area contributed by atoms with Gasteiger partial charge in [0, 0.05) is 18.7 Å². The average molecular weight is 434 g/mol. The van der Waals surface area contributed by atoms with Crippen molar-refractivity contribution in [1.29, 1.82) is 0 Å². The zero-order valence-corrected chi connectivity index (χ0v) is 19.0. The van der Waals surface area contributed by atoms with E-state index in [0.29, 0.717) is 17.5 Å². The van der Waals surface area contributed by atoms with Crippen LogP contribution in [0, 0.1) is 18.8 Å². The normalized spacial score (nSPS) is 25.0. The van der Waals surface area contributed by atoms with E-state index >= 15 is 0 Å². The van der Waals surface area contributed by atoms with Crippen molar-refractivity contribution in [1.82, 2.24) is 9.88 Å². The molecule has 3 heterocycles. The van der Waals surface area contributed by atoms with Gasteiger partial charge in [-0.1, -0.05) is 19.9 Å². The van der Waals surface area contributed by atoms with Crippen molar-refractivity contribution in [2.45, 2.75) is 39.7 Å². The average Bonchev–Trinajstić information content (AvgIpc) is 3.27. The lowest BCUT2D eigenvalue weighted by molar-refractivity contribution is -0.123. The Balaban J connectivity index is 1.37. The van der Waals surface area contributed by atoms with Crippen LogP contribution < -0.4 is 4.90 Å². The molecule has 5 rings (SSSR count). The van der Waals surface area contributed by atoms with Crippen LogP contribution in [0.1, 0.15) is 32.3 Å². The summed E-state index contributed by atoms with van der Waals surface area (Å²) in [5, 5.41) is 0.945. The Bertz CT molecular complexity index is 1140. The molecule has 0 bridgehead atoms. The zero-order valence-electron chi connectivity index (χ0n) is 18.2. The summed E-state index contributed by atoms with van der Waals surface area (Å²) >= 11 is 1.66. The maximum Gasteiger partial charge on any atom is 0.251 e. The number of nitrogens with zero attached hydrogens (tertiary/aromatic N) is 3. The smallest absolute Gasteiger partial charge is 0.251 e. The van der Waals surface area contributed by atoms with Gasteiger partial charge < -0.3 is 0 Å². The van der Waals surface area contributed by atoms with Crippen LogP contribution >= 0.6 is 11.3 Å². The summed E-state index contributed by atoms with van der Waals surface area (Å²) in [5.41, 5.74) is 3.86. The van der Waals surface area contributed by atoms with E-state index in [-0.39, 0.29) is 24.3 Å². The number of fused-ring (bicyclic) bond motifs is 1. The van der Waals surface area contributed by atoms with E-state index < -0.39 is 0 Å². The summed E-state index contributed by atoms with van der Waals surface area (Å²) in [5.74, 6) is 0.911. The summed E-state index contributed by atoms with van der Waals surface area (Å²) in [6.07, 6.45) is 1.46. The maximum absolute atomic E-state index is 13.2. The maximum atomic E-state index is 13.2. The minimum absolute atomic E-state index is 0.0884. The number of amides is 2. The van der Waals surface area contributed by atoms with Crippen LogP contribution in [0.25, 0.3) is 20.8 Å². The van der Waals surface area contributed by atoms with Gasteiger partial charge in [0.1, 0.15) is 5.01 Å². The van der Waals surface area contributed by atoms with Crippen LogP contribution in [0.5, 0.6) is 0 Å². The topological polar surface area (TPSA) is 53.5 Å². The van der Waals surface area contributed by atoms with E-state index in [1.54, 1.807) is 11.3 Å². The highest BCUT2D eigenvalue weighted by Gasteiger charge is 2.44. The molecule has 3 atom stereocenters. The van der Waals surface area contributed by atoms with Gasteiger partial charge in [0.2, 0.25) is 5.91 Å². The number of anilines is 1. The van der Waals surface area contributed by atoms with E-state index in [0.717, 1.165) is 33.9 Å². The van der Waals surface area contributed by atoms with E-state index in [4.69, 9.17) is 4.98 Å². The molecule has 0 unspecified atom stereocenters. The van der Waals surface area contributed by atoms with E-state index in [1.807, 2.05) is 30.3 Å².